The fraction of sp³-hybridized carbons (Fsp3) is 0.207. The van der Waals surface area contributed by atoms with Crippen molar-refractivity contribution in [2.24, 2.45) is 0 Å². The number of pyridine rings is 1. The number of nitrogen functional groups attached to an aromatic ring is 2. The van der Waals surface area contributed by atoms with Crippen molar-refractivity contribution < 1.29 is 19.1 Å². The standard InChI is InChI=1S/C29H29N5O4/c1-33(20-22-9-13-25(30)14-10-22)28(35)37-18-4-7-24-6-3-17-32-27(24)8-5-19-38-29(36)34(2)21-23-11-15-26(31)16-12-23/h3,6,9-17H,18-21,30-31H2,1-2H3. The van der Waals surface area contributed by atoms with E-state index in [1.165, 1.54) is 9.80 Å². The molecule has 0 atom stereocenters. The van der Waals surface area contributed by atoms with Gasteiger partial charge in [-0.15, -0.1) is 0 Å². The molecule has 0 saturated carbocycles. The number of benzene rings is 2. The molecule has 3 aromatic rings. The number of carbonyl (C=O) groups is 2. The smallest absolute Gasteiger partial charge is 0.410 e. The number of nitrogens with zero attached hydrogens (tertiary/aromatic N) is 3. The van der Waals surface area contributed by atoms with Gasteiger partial charge in [0.25, 0.3) is 0 Å². The van der Waals surface area contributed by atoms with Crippen molar-refractivity contribution in [3.63, 3.8) is 0 Å². The van der Waals surface area contributed by atoms with E-state index >= 15 is 0 Å². The summed E-state index contributed by atoms with van der Waals surface area (Å²) < 4.78 is 10.4. The minimum absolute atomic E-state index is 0.0926. The number of nitrogens with two attached hydrogens (primary N) is 2. The van der Waals surface area contributed by atoms with Crippen LogP contribution in [0.25, 0.3) is 0 Å². The molecule has 0 unspecified atom stereocenters. The second-order valence-corrected chi connectivity index (χ2v) is 8.31. The lowest BCUT2D eigenvalue weighted by atomic mass is 10.2. The Morgan fingerprint density at radius 2 is 1.24 bits per heavy atom. The van der Waals surface area contributed by atoms with E-state index in [9.17, 15) is 9.59 Å². The Morgan fingerprint density at radius 3 is 1.74 bits per heavy atom. The van der Waals surface area contributed by atoms with Gasteiger partial charge in [-0.1, -0.05) is 42.0 Å². The minimum atomic E-state index is -0.500. The highest BCUT2D eigenvalue weighted by Gasteiger charge is 2.11. The Kier molecular flexibility index (Phi) is 9.97. The third kappa shape index (κ3) is 8.81. The molecule has 1 heterocycles. The fourth-order valence-corrected chi connectivity index (χ4v) is 3.20. The summed E-state index contributed by atoms with van der Waals surface area (Å²) in [7, 11) is 3.28. The molecule has 2 amide bonds. The average Bonchev–Trinajstić information content (AvgIpc) is 2.92. The molecule has 3 rings (SSSR count). The second kappa shape index (κ2) is 13.8. The molecule has 0 aliphatic carbocycles. The topological polar surface area (TPSA) is 124 Å². The van der Waals surface area contributed by atoms with Gasteiger partial charge in [-0.05, 0) is 53.4 Å². The molecule has 0 radical (unpaired) electrons. The van der Waals surface area contributed by atoms with E-state index in [0.717, 1.165) is 11.1 Å². The third-order valence-corrected chi connectivity index (χ3v) is 5.20. The van der Waals surface area contributed by atoms with Crippen molar-refractivity contribution in [1.82, 2.24) is 14.8 Å². The largest absolute Gasteiger partial charge is 0.436 e. The van der Waals surface area contributed by atoms with E-state index in [4.69, 9.17) is 20.9 Å². The van der Waals surface area contributed by atoms with Crippen LogP contribution >= 0.6 is 0 Å². The molecular weight excluding hydrogens is 482 g/mol. The molecule has 0 fully saturated rings. The first kappa shape index (κ1) is 27.4. The normalized spacial score (nSPS) is 9.74. The molecule has 0 saturated heterocycles. The van der Waals surface area contributed by atoms with Crippen LogP contribution in [0, 0.1) is 23.7 Å². The lowest BCUT2D eigenvalue weighted by Crippen LogP contribution is -2.27. The first-order valence-corrected chi connectivity index (χ1v) is 11.7. The number of carbonyl (C=O) groups excluding carboxylic acids is 2. The third-order valence-electron chi connectivity index (χ3n) is 5.20. The minimum Gasteiger partial charge on any atom is -0.436 e. The van der Waals surface area contributed by atoms with E-state index in [1.807, 2.05) is 24.3 Å². The SMILES string of the molecule is CN(Cc1ccc(N)cc1)C(=O)OCC#Cc1cccnc1C#CCOC(=O)N(C)Cc1ccc(N)cc1. The maximum Gasteiger partial charge on any atom is 0.410 e. The van der Waals surface area contributed by atoms with Gasteiger partial charge in [-0.2, -0.15) is 0 Å². The van der Waals surface area contributed by atoms with Gasteiger partial charge in [0.1, 0.15) is 5.69 Å². The Labute approximate surface area is 222 Å². The molecule has 0 aliphatic heterocycles. The first-order valence-electron chi connectivity index (χ1n) is 11.7. The molecule has 4 N–H and O–H groups in total. The summed E-state index contributed by atoms with van der Waals surface area (Å²) in [5.41, 5.74) is 15.5. The van der Waals surface area contributed by atoms with Gasteiger partial charge in [0, 0.05) is 44.8 Å². The number of hydrogen-bond donors (Lipinski definition) is 2. The zero-order chi connectivity index (χ0) is 27.3. The van der Waals surface area contributed by atoms with E-state index in [0.29, 0.717) is 35.7 Å². The zero-order valence-electron chi connectivity index (χ0n) is 21.3. The van der Waals surface area contributed by atoms with Gasteiger partial charge >= 0.3 is 12.2 Å². The Bertz CT molecular complexity index is 1260. The quantitative estimate of drug-likeness (QED) is 0.383. The van der Waals surface area contributed by atoms with Gasteiger partial charge in [0.2, 0.25) is 0 Å². The highest BCUT2D eigenvalue weighted by molar-refractivity contribution is 5.68. The number of hydrogen-bond acceptors (Lipinski definition) is 7. The van der Waals surface area contributed by atoms with Gasteiger partial charge in [-0.3, -0.25) is 0 Å². The highest BCUT2D eigenvalue weighted by Crippen LogP contribution is 2.09. The average molecular weight is 512 g/mol. The highest BCUT2D eigenvalue weighted by atomic mass is 16.6. The van der Waals surface area contributed by atoms with Crippen LogP contribution in [0.3, 0.4) is 0 Å². The second-order valence-electron chi connectivity index (χ2n) is 8.31. The number of amides is 2. The molecule has 0 bridgehead atoms. The molecular formula is C29H29N5O4. The van der Waals surface area contributed by atoms with E-state index in [2.05, 4.69) is 28.7 Å². The van der Waals surface area contributed by atoms with Gasteiger partial charge < -0.3 is 30.7 Å². The lowest BCUT2D eigenvalue weighted by Gasteiger charge is -2.16. The predicted molar refractivity (Wildman–Crippen MR) is 145 cm³/mol. The van der Waals surface area contributed by atoms with Crippen LogP contribution in [0.5, 0.6) is 0 Å². The maximum atomic E-state index is 12.2. The first-order chi connectivity index (χ1) is 18.3. The van der Waals surface area contributed by atoms with Crippen LogP contribution in [0.1, 0.15) is 22.4 Å². The number of rotatable bonds is 6. The summed E-state index contributed by atoms with van der Waals surface area (Å²) in [4.78, 5) is 31.5. The molecule has 38 heavy (non-hydrogen) atoms. The Hall–Kier alpha value is -5.15. The molecule has 0 spiro atoms. The van der Waals surface area contributed by atoms with Crippen molar-refractivity contribution in [3.8, 4) is 23.7 Å². The van der Waals surface area contributed by atoms with Crippen molar-refractivity contribution in [3.05, 3.63) is 89.2 Å². The van der Waals surface area contributed by atoms with Crippen LogP contribution in [0.15, 0.2) is 66.9 Å². The van der Waals surface area contributed by atoms with E-state index in [1.54, 1.807) is 56.7 Å². The van der Waals surface area contributed by atoms with Crippen LogP contribution in [0.2, 0.25) is 0 Å². The lowest BCUT2D eigenvalue weighted by molar-refractivity contribution is 0.120. The van der Waals surface area contributed by atoms with Crippen molar-refractivity contribution in [1.29, 1.82) is 0 Å². The molecule has 2 aromatic carbocycles. The summed E-state index contributed by atoms with van der Waals surface area (Å²) in [5.74, 6) is 11.4. The Morgan fingerprint density at radius 1 is 0.763 bits per heavy atom. The van der Waals surface area contributed by atoms with Crippen LogP contribution in [-0.2, 0) is 22.6 Å². The zero-order valence-corrected chi connectivity index (χ0v) is 21.3. The summed E-state index contributed by atoms with van der Waals surface area (Å²) >= 11 is 0. The summed E-state index contributed by atoms with van der Waals surface area (Å²) in [6.45, 7) is 0.571. The van der Waals surface area contributed by atoms with Crippen molar-refractivity contribution >= 4 is 23.6 Å². The number of aromatic nitrogens is 1. The van der Waals surface area contributed by atoms with Gasteiger partial charge in [-0.25, -0.2) is 14.6 Å². The molecule has 9 nitrogen and oxygen atoms in total. The van der Waals surface area contributed by atoms with Gasteiger partial charge in [0.15, 0.2) is 13.2 Å². The number of ether oxygens (including phenoxy) is 2. The summed E-state index contributed by atoms with van der Waals surface area (Å²) in [6, 6.07) is 18.0. The van der Waals surface area contributed by atoms with E-state index in [-0.39, 0.29) is 13.2 Å². The maximum absolute atomic E-state index is 12.2. The summed E-state index contributed by atoms with van der Waals surface area (Å²) in [5, 5.41) is 0. The molecule has 194 valence electrons. The number of anilines is 2. The molecule has 0 aliphatic rings. The monoisotopic (exact) mass is 511 g/mol. The van der Waals surface area contributed by atoms with Crippen LogP contribution in [0.4, 0.5) is 21.0 Å². The Balaban J connectivity index is 1.47. The van der Waals surface area contributed by atoms with E-state index < -0.39 is 12.2 Å². The summed E-state index contributed by atoms with van der Waals surface area (Å²) in [6.07, 6.45) is 0.596. The fourth-order valence-electron chi connectivity index (χ4n) is 3.20. The van der Waals surface area contributed by atoms with Gasteiger partial charge in [0.05, 0.1) is 5.56 Å². The van der Waals surface area contributed by atoms with Crippen LogP contribution < -0.4 is 11.5 Å². The molecule has 1 aromatic heterocycles. The predicted octanol–water partition coefficient (Wildman–Crippen LogP) is 3.49. The molecule has 9 heteroatoms. The van der Waals surface area contributed by atoms with Crippen molar-refractivity contribution in [2.45, 2.75) is 13.1 Å². The van der Waals surface area contributed by atoms with Crippen molar-refractivity contribution in [2.75, 3.05) is 38.8 Å². The van der Waals surface area contributed by atoms with Crippen LogP contribution in [-0.4, -0.2) is 54.3 Å².